The quantitative estimate of drug-likeness (QED) is 0.894. The average molecular weight is 377 g/mol. The molecular formula is C17H17BrN2O3. The zero-order chi connectivity index (χ0) is 15.8. The van der Waals surface area contributed by atoms with Gasteiger partial charge in [0.15, 0.2) is 11.5 Å². The van der Waals surface area contributed by atoms with Gasteiger partial charge in [0.2, 0.25) is 12.7 Å². The third-order valence-corrected chi connectivity index (χ3v) is 4.90. The summed E-state index contributed by atoms with van der Waals surface area (Å²) in [5.74, 6) is 1.66. The maximum atomic E-state index is 12.7. The summed E-state index contributed by atoms with van der Waals surface area (Å²) in [6, 6.07) is 7.89. The Hall–Kier alpha value is -1.79. The fourth-order valence-electron chi connectivity index (χ4n) is 3.15. The number of hydrogen-bond donors (Lipinski definition) is 1. The lowest BCUT2D eigenvalue weighted by atomic mass is 10.1. The summed E-state index contributed by atoms with van der Waals surface area (Å²) in [7, 11) is 0. The number of nitrogens with one attached hydrogen (secondary N) is 1. The summed E-state index contributed by atoms with van der Waals surface area (Å²) in [6.45, 7) is 2.02. The number of ether oxygens (including phenoxy) is 2. The van der Waals surface area contributed by atoms with Gasteiger partial charge in [-0.2, -0.15) is 0 Å². The Balaban J connectivity index is 1.49. The molecule has 0 saturated heterocycles. The minimum Gasteiger partial charge on any atom is -0.454 e. The van der Waals surface area contributed by atoms with Crippen molar-refractivity contribution in [3.63, 3.8) is 0 Å². The number of nitrogens with zero attached hydrogens (tertiary/aromatic N) is 1. The molecular weight excluding hydrogens is 360 g/mol. The fraction of sp³-hybridized carbons (Fsp3) is 0.353. The topological polar surface area (TPSA) is 52.5 Å². The van der Waals surface area contributed by atoms with Crippen molar-refractivity contribution in [2.75, 3.05) is 13.3 Å². The first-order valence-electron chi connectivity index (χ1n) is 7.74. The Morgan fingerprint density at radius 2 is 2.13 bits per heavy atom. The van der Waals surface area contributed by atoms with Crippen LogP contribution in [0.25, 0.3) is 0 Å². The van der Waals surface area contributed by atoms with Gasteiger partial charge in [-0.15, -0.1) is 0 Å². The van der Waals surface area contributed by atoms with Crippen molar-refractivity contribution in [2.45, 2.75) is 25.8 Å². The number of aromatic nitrogens is 1. The molecule has 120 valence electrons. The summed E-state index contributed by atoms with van der Waals surface area (Å²) < 4.78 is 13.4. The fourth-order valence-corrected chi connectivity index (χ4v) is 3.84. The molecule has 0 fully saturated rings. The van der Waals surface area contributed by atoms with E-state index in [0.29, 0.717) is 12.8 Å². The van der Waals surface area contributed by atoms with Crippen LogP contribution in [0.1, 0.15) is 28.0 Å². The van der Waals surface area contributed by atoms with Crippen molar-refractivity contribution < 1.29 is 14.3 Å². The van der Waals surface area contributed by atoms with E-state index in [4.69, 9.17) is 9.47 Å². The second kappa shape index (κ2) is 6.02. The molecule has 0 atom stereocenters. The van der Waals surface area contributed by atoms with Crippen LogP contribution in [-0.4, -0.2) is 23.8 Å². The molecule has 0 spiro atoms. The minimum absolute atomic E-state index is 0.123. The molecule has 0 amide bonds. The third-order valence-electron chi connectivity index (χ3n) is 4.32. The van der Waals surface area contributed by atoms with Crippen molar-refractivity contribution in [2.24, 2.45) is 0 Å². The van der Waals surface area contributed by atoms with Crippen LogP contribution in [0.4, 0.5) is 0 Å². The Kier molecular flexibility index (Phi) is 3.87. The van der Waals surface area contributed by atoms with Crippen molar-refractivity contribution >= 4 is 21.8 Å². The van der Waals surface area contributed by atoms with Gasteiger partial charge in [-0.3, -0.25) is 9.36 Å². The summed E-state index contributed by atoms with van der Waals surface area (Å²) in [5.41, 5.74) is 3.42. The lowest BCUT2D eigenvalue weighted by Crippen LogP contribution is -2.26. The summed E-state index contributed by atoms with van der Waals surface area (Å²) in [6.07, 6.45) is 2.04. The average Bonchev–Trinajstić information content (AvgIpc) is 3.15. The zero-order valence-electron chi connectivity index (χ0n) is 12.6. The largest absolute Gasteiger partial charge is 0.454 e. The molecule has 2 aliphatic heterocycles. The molecule has 2 aliphatic rings. The van der Waals surface area contributed by atoms with E-state index in [1.807, 2.05) is 28.8 Å². The SMILES string of the molecule is O=C(CCc1ccc2c(c1)OCO2)n1c(Br)cc2c1CCNC2. The van der Waals surface area contributed by atoms with E-state index in [0.717, 1.165) is 46.9 Å². The van der Waals surface area contributed by atoms with Gasteiger partial charge < -0.3 is 14.8 Å². The maximum Gasteiger partial charge on any atom is 0.232 e. The van der Waals surface area contributed by atoms with Crippen molar-refractivity contribution in [1.29, 1.82) is 0 Å². The number of rotatable bonds is 3. The maximum absolute atomic E-state index is 12.7. The highest BCUT2D eigenvalue weighted by Crippen LogP contribution is 2.33. The zero-order valence-corrected chi connectivity index (χ0v) is 14.2. The highest BCUT2D eigenvalue weighted by Gasteiger charge is 2.21. The van der Waals surface area contributed by atoms with E-state index >= 15 is 0 Å². The van der Waals surface area contributed by atoms with Crippen LogP contribution in [0, 0.1) is 0 Å². The molecule has 0 bridgehead atoms. The van der Waals surface area contributed by atoms with Gasteiger partial charge in [0.25, 0.3) is 0 Å². The Labute approximate surface area is 142 Å². The molecule has 1 N–H and O–H groups in total. The van der Waals surface area contributed by atoms with E-state index in [9.17, 15) is 4.79 Å². The van der Waals surface area contributed by atoms with E-state index in [1.165, 1.54) is 5.56 Å². The van der Waals surface area contributed by atoms with Crippen LogP contribution < -0.4 is 14.8 Å². The van der Waals surface area contributed by atoms with Crippen LogP contribution in [0.3, 0.4) is 0 Å². The van der Waals surface area contributed by atoms with Crippen LogP contribution in [0.15, 0.2) is 28.9 Å². The number of halogens is 1. The van der Waals surface area contributed by atoms with Crippen LogP contribution in [0.5, 0.6) is 11.5 Å². The van der Waals surface area contributed by atoms with E-state index in [2.05, 4.69) is 21.2 Å². The number of fused-ring (bicyclic) bond motifs is 2. The molecule has 0 radical (unpaired) electrons. The Morgan fingerprint density at radius 1 is 1.26 bits per heavy atom. The molecule has 1 aromatic carbocycles. The summed E-state index contributed by atoms with van der Waals surface area (Å²) in [5, 5.41) is 3.33. The molecule has 3 heterocycles. The molecule has 0 saturated carbocycles. The lowest BCUT2D eigenvalue weighted by molar-refractivity contribution is 0.0897. The van der Waals surface area contributed by atoms with E-state index < -0.39 is 0 Å². The number of aryl methyl sites for hydroxylation is 1. The Bertz CT molecular complexity index is 769. The Morgan fingerprint density at radius 3 is 3.04 bits per heavy atom. The van der Waals surface area contributed by atoms with Gasteiger partial charge in [-0.25, -0.2) is 0 Å². The first kappa shape index (κ1) is 14.8. The van der Waals surface area contributed by atoms with Crippen molar-refractivity contribution in [3.8, 4) is 11.5 Å². The van der Waals surface area contributed by atoms with Gasteiger partial charge in [-0.05, 0) is 51.7 Å². The number of carbonyl (C=O) groups is 1. The molecule has 23 heavy (non-hydrogen) atoms. The van der Waals surface area contributed by atoms with Crippen LogP contribution >= 0.6 is 15.9 Å². The standard InChI is InChI=1S/C17H17BrN2O3/c18-16-8-12-9-19-6-5-13(12)20(16)17(21)4-2-11-1-3-14-15(7-11)23-10-22-14/h1,3,7-8,19H,2,4-6,9-10H2. The molecule has 1 aromatic heterocycles. The normalized spacial score (nSPS) is 15.5. The van der Waals surface area contributed by atoms with Crippen molar-refractivity contribution in [1.82, 2.24) is 9.88 Å². The molecule has 0 aliphatic carbocycles. The van der Waals surface area contributed by atoms with Crippen LogP contribution in [0.2, 0.25) is 0 Å². The van der Waals surface area contributed by atoms with Gasteiger partial charge in [0.1, 0.15) is 0 Å². The predicted molar refractivity (Wildman–Crippen MR) is 89.1 cm³/mol. The van der Waals surface area contributed by atoms with E-state index in [-0.39, 0.29) is 12.7 Å². The van der Waals surface area contributed by atoms with Crippen molar-refractivity contribution in [3.05, 3.63) is 45.7 Å². The first-order valence-corrected chi connectivity index (χ1v) is 8.53. The third kappa shape index (κ3) is 2.77. The second-order valence-electron chi connectivity index (χ2n) is 5.78. The predicted octanol–water partition coefficient (Wildman–Crippen LogP) is 2.90. The minimum atomic E-state index is 0.123. The molecule has 4 rings (SSSR count). The molecule has 0 unspecified atom stereocenters. The highest BCUT2D eigenvalue weighted by atomic mass is 79.9. The second-order valence-corrected chi connectivity index (χ2v) is 6.60. The monoisotopic (exact) mass is 376 g/mol. The summed E-state index contributed by atoms with van der Waals surface area (Å²) in [4.78, 5) is 12.7. The molecule has 5 nitrogen and oxygen atoms in total. The first-order chi connectivity index (χ1) is 11.2. The molecule has 6 heteroatoms. The van der Waals surface area contributed by atoms with Crippen LogP contribution in [-0.2, 0) is 19.4 Å². The van der Waals surface area contributed by atoms with E-state index in [1.54, 1.807) is 0 Å². The number of carbonyl (C=O) groups excluding carboxylic acids is 1. The number of benzene rings is 1. The lowest BCUT2D eigenvalue weighted by Gasteiger charge is -2.16. The van der Waals surface area contributed by atoms with Gasteiger partial charge >= 0.3 is 0 Å². The van der Waals surface area contributed by atoms with Gasteiger partial charge in [-0.1, -0.05) is 6.07 Å². The smallest absolute Gasteiger partial charge is 0.232 e. The highest BCUT2D eigenvalue weighted by molar-refractivity contribution is 9.10. The number of hydrogen-bond acceptors (Lipinski definition) is 4. The van der Waals surface area contributed by atoms with Gasteiger partial charge in [0.05, 0.1) is 4.60 Å². The molecule has 2 aromatic rings. The van der Waals surface area contributed by atoms with Gasteiger partial charge in [0, 0.05) is 31.6 Å². The summed E-state index contributed by atoms with van der Waals surface area (Å²) >= 11 is 3.52.